The van der Waals surface area contributed by atoms with E-state index in [2.05, 4.69) is 28.1 Å². The van der Waals surface area contributed by atoms with E-state index in [-0.39, 0.29) is 0 Å². The summed E-state index contributed by atoms with van der Waals surface area (Å²) < 4.78 is 0. The van der Waals surface area contributed by atoms with Crippen molar-refractivity contribution >= 4 is 17.0 Å². The van der Waals surface area contributed by atoms with Crippen molar-refractivity contribution in [2.24, 2.45) is 0 Å². The van der Waals surface area contributed by atoms with E-state index in [0.717, 1.165) is 27.5 Å². The average Bonchev–Trinajstić information content (AvgIpc) is 3.00. The van der Waals surface area contributed by atoms with E-state index >= 15 is 0 Å². The second kappa shape index (κ2) is 6.00. The van der Waals surface area contributed by atoms with E-state index < -0.39 is 0 Å². The van der Waals surface area contributed by atoms with Crippen molar-refractivity contribution in [3.05, 3.63) is 59.5 Å². The third-order valence-corrected chi connectivity index (χ3v) is 4.42. The quantitative estimate of drug-likeness (QED) is 0.719. The molecule has 0 atom stereocenters. The summed E-state index contributed by atoms with van der Waals surface area (Å²) in [5.74, 6) is 0. The summed E-state index contributed by atoms with van der Waals surface area (Å²) in [6.07, 6.45) is 0. The molecule has 0 amide bonds. The van der Waals surface area contributed by atoms with Crippen molar-refractivity contribution in [3.63, 3.8) is 0 Å². The predicted molar refractivity (Wildman–Crippen MR) is 92.0 cm³/mol. The number of anilines is 1. The molecule has 0 N–H and O–H groups in total. The van der Waals surface area contributed by atoms with Gasteiger partial charge in [0.15, 0.2) is 0 Å². The molecule has 0 unspecified atom stereocenters. The summed E-state index contributed by atoms with van der Waals surface area (Å²) in [7, 11) is 4.03. The van der Waals surface area contributed by atoms with Gasteiger partial charge in [-0.25, -0.2) is 4.98 Å². The molecule has 0 spiro atoms. The minimum atomic E-state index is 0.651. The largest absolute Gasteiger partial charge is 0.378 e. The summed E-state index contributed by atoms with van der Waals surface area (Å²) in [4.78, 5) is 7.39. The average molecular weight is 305 g/mol. The van der Waals surface area contributed by atoms with Gasteiger partial charge in [0.2, 0.25) is 0 Å². The number of nitrogens with zero attached hydrogens (tertiary/aromatic N) is 3. The molecule has 0 saturated carbocycles. The highest BCUT2D eigenvalue weighted by Gasteiger charge is 2.14. The predicted octanol–water partition coefficient (Wildman–Crippen LogP) is 4.41. The van der Waals surface area contributed by atoms with Crippen LogP contribution >= 0.6 is 11.3 Å². The molecule has 3 nitrogen and oxygen atoms in total. The summed E-state index contributed by atoms with van der Waals surface area (Å²) in [5.41, 5.74) is 3.92. The number of hydrogen-bond acceptors (Lipinski definition) is 4. The molecule has 0 saturated heterocycles. The Morgan fingerprint density at radius 1 is 0.955 bits per heavy atom. The molecule has 4 heteroatoms. The normalized spacial score (nSPS) is 10.2. The lowest BCUT2D eigenvalue weighted by Crippen LogP contribution is -2.07. The fourth-order valence-corrected chi connectivity index (χ4v) is 3.10. The van der Waals surface area contributed by atoms with Crippen LogP contribution < -0.4 is 4.90 Å². The highest BCUT2D eigenvalue weighted by molar-refractivity contribution is 7.16. The summed E-state index contributed by atoms with van der Waals surface area (Å²) in [5, 5.41) is 10.2. The Bertz CT molecular complexity index is 812. The third-order valence-electron chi connectivity index (χ3n) is 3.41. The first kappa shape index (κ1) is 14.3. The first-order valence-corrected chi connectivity index (χ1v) is 7.75. The van der Waals surface area contributed by atoms with Crippen LogP contribution in [0.4, 0.5) is 5.69 Å². The topological polar surface area (TPSA) is 39.9 Å². The van der Waals surface area contributed by atoms with E-state index in [4.69, 9.17) is 0 Å². The van der Waals surface area contributed by atoms with E-state index in [1.165, 1.54) is 11.3 Å². The van der Waals surface area contributed by atoms with Crippen molar-refractivity contribution in [2.75, 3.05) is 19.0 Å². The first-order chi connectivity index (χ1) is 10.7. The first-order valence-electron chi connectivity index (χ1n) is 6.93. The van der Waals surface area contributed by atoms with Gasteiger partial charge in [0.05, 0.1) is 5.69 Å². The molecule has 0 aliphatic heterocycles. The Hall–Kier alpha value is -2.64. The Balaban J connectivity index is 2.03. The van der Waals surface area contributed by atoms with E-state index in [9.17, 15) is 5.26 Å². The molecule has 0 bridgehead atoms. The Morgan fingerprint density at radius 3 is 2.23 bits per heavy atom. The Morgan fingerprint density at radius 2 is 1.64 bits per heavy atom. The zero-order chi connectivity index (χ0) is 15.5. The number of hydrogen-bond donors (Lipinski definition) is 0. The molecule has 108 valence electrons. The van der Waals surface area contributed by atoms with Crippen molar-refractivity contribution < 1.29 is 0 Å². The van der Waals surface area contributed by atoms with Gasteiger partial charge in [0.1, 0.15) is 16.0 Å². The van der Waals surface area contributed by atoms with Crippen LogP contribution in [0.3, 0.4) is 0 Å². The molecule has 0 radical (unpaired) electrons. The van der Waals surface area contributed by atoms with Crippen molar-refractivity contribution in [3.8, 4) is 27.9 Å². The van der Waals surface area contributed by atoms with E-state index in [1.54, 1.807) is 0 Å². The zero-order valence-corrected chi connectivity index (χ0v) is 13.3. The summed E-state index contributed by atoms with van der Waals surface area (Å²) in [6.45, 7) is 0. The lowest BCUT2D eigenvalue weighted by Gasteiger charge is -2.11. The Kier molecular flexibility index (Phi) is 3.90. The standard InChI is InChI=1S/C18H15N3S/c1-21(2)15-10-8-14(9-11-15)18-20-17(16(12-19)22-18)13-6-4-3-5-7-13/h3-11H,1-2H3. The van der Waals surface area contributed by atoms with Crippen LogP contribution in [0.15, 0.2) is 54.6 Å². The van der Waals surface area contributed by atoms with Gasteiger partial charge in [0.25, 0.3) is 0 Å². The van der Waals surface area contributed by atoms with Crippen LogP contribution in [0, 0.1) is 11.3 Å². The van der Waals surface area contributed by atoms with Gasteiger partial charge in [-0.15, -0.1) is 11.3 Å². The molecule has 1 heterocycles. The molecular weight excluding hydrogens is 290 g/mol. The van der Waals surface area contributed by atoms with Gasteiger partial charge in [-0.1, -0.05) is 30.3 Å². The molecule has 3 rings (SSSR count). The minimum absolute atomic E-state index is 0.651. The van der Waals surface area contributed by atoms with Crippen molar-refractivity contribution in [2.45, 2.75) is 0 Å². The minimum Gasteiger partial charge on any atom is -0.378 e. The number of aromatic nitrogens is 1. The highest BCUT2D eigenvalue weighted by atomic mass is 32.1. The van der Waals surface area contributed by atoms with Crippen LogP contribution in [-0.2, 0) is 0 Å². The number of benzene rings is 2. The van der Waals surface area contributed by atoms with Crippen LogP contribution in [0.2, 0.25) is 0 Å². The molecule has 1 aromatic heterocycles. The molecule has 0 aliphatic carbocycles. The van der Waals surface area contributed by atoms with Gasteiger partial charge in [0, 0.05) is 30.9 Å². The van der Waals surface area contributed by atoms with Crippen LogP contribution in [0.25, 0.3) is 21.8 Å². The maximum absolute atomic E-state index is 9.37. The number of rotatable bonds is 3. The number of thiazole rings is 1. The van der Waals surface area contributed by atoms with Crippen LogP contribution in [0.1, 0.15) is 4.88 Å². The van der Waals surface area contributed by atoms with Gasteiger partial charge in [-0.05, 0) is 24.3 Å². The number of nitriles is 1. The fraction of sp³-hybridized carbons (Fsp3) is 0.111. The van der Waals surface area contributed by atoms with Gasteiger partial charge < -0.3 is 4.90 Å². The second-order valence-corrected chi connectivity index (χ2v) is 6.11. The monoisotopic (exact) mass is 305 g/mol. The summed E-state index contributed by atoms with van der Waals surface area (Å²) in [6, 6.07) is 20.3. The molecule has 2 aromatic carbocycles. The third kappa shape index (κ3) is 2.72. The molecule has 0 fully saturated rings. The molecule has 3 aromatic rings. The lowest BCUT2D eigenvalue weighted by atomic mass is 10.1. The Labute approximate surface area is 134 Å². The highest BCUT2D eigenvalue weighted by Crippen LogP contribution is 2.33. The maximum Gasteiger partial charge on any atom is 0.133 e. The van der Waals surface area contributed by atoms with E-state index in [1.807, 2.05) is 56.6 Å². The van der Waals surface area contributed by atoms with Crippen LogP contribution in [-0.4, -0.2) is 19.1 Å². The van der Waals surface area contributed by atoms with Crippen molar-refractivity contribution in [1.82, 2.24) is 4.98 Å². The van der Waals surface area contributed by atoms with Crippen LogP contribution in [0.5, 0.6) is 0 Å². The van der Waals surface area contributed by atoms with Gasteiger partial charge in [-0.2, -0.15) is 5.26 Å². The SMILES string of the molecule is CN(C)c1ccc(-c2nc(-c3ccccc3)c(C#N)s2)cc1. The second-order valence-electron chi connectivity index (χ2n) is 5.12. The van der Waals surface area contributed by atoms with Crippen molar-refractivity contribution in [1.29, 1.82) is 5.26 Å². The van der Waals surface area contributed by atoms with Gasteiger partial charge >= 0.3 is 0 Å². The molecular formula is C18H15N3S. The smallest absolute Gasteiger partial charge is 0.133 e. The lowest BCUT2D eigenvalue weighted by molar-refractivity contribution is 1.13. The van der Waals surface area contributed by atoms with Gasteiger partial charge in [-0.3, -0.25) is 0 Å². The maximum atomic E-state index is 9.37. The summed E-state index contributed by atoms with van der Waals surface area (Å²) >= 11 is 1.44. The fourth-order valence-electron chi connectivity index (χ4n) is 2.21. The molecule has 0 aliphatic rings. The molecule has 22 heavy (non-hydrogen) atoms. The van der Waals surface area contributed by atoms with E-state index in [0.29, 0.717) is 4.88 Å². The zero-order valence-electron chi connectivity index (χ0n) is 12.4.